The topological polar surface area (TPSA) is 132 Å². The standard InChI is InChI=1S/C8H5NO3.C2H2O4/c10-7-5-3-1-2-4-6(5)8(11)9(7)12;3-1(4)2(5)6/h1-4,12H;(H,3,4)(H,5,6). The van der Waals surface area contributed by atoms with Crippen LogP contribution in [0.25, 0.3) is 0 Å². The van der Waals surface area contributed by atoms with E-state index < -0.39 is 23.8 Å². The minimum absolute atomic E-state index is 0.130. The molecule has 0 bridgehead atoms. The fourth-order valence-corrected chi connectivity index (χ4v) is 1.18. The molecule has 3 N–H and O–H groups in total. The molecule has 1 aromatic rings. The normalized spacial score (nSPS) is 12.6. The molecule has 1 aliphatic heterocycles. The maximum atomic E-state index is 11.1. The second kappa shape index (κ2) is 5.06. The highest BCUT2D eigenvalue weighted by molar-refractivity contribution is 6.27. The summed E-state index contributed by atoms with van der Waals surface area (Å²) in [6, 6.07) is 6.30. The highest BCUT2D eigenvalue weighted by atomic mass is 16.5. The van der Waals surface area contributed by atoms with Crippen LogP contribution in [0.4, 0.5) is 0 Å². The Bertz CT molecular complexity index is 490. The van der Waals surface area contributed by atoms with Gasteiger partial charge < -0.3 is 10.2 Å². The van der Waals surface area contributed by atoms with Crippen LogP contribution in [0.5, 0.6) is 0 Å². The molecule has 0 fully saturated rings. The van der Waals surface area contributed by atoms with E-state index in [2.05, 4.69) is 0 Å². The average Bonchev–Trinajstić information content (AvgIpc) is 2.56. The van der Waals surface area contributed by atoms with Gasteiger partial charge in [0.1, 0.15) is 0 Å². The highest BCUT2D eigenvalue weighted by Crippen LogP contribution is 2.19. The average molecular weight is 253 g/mol. The van der Waals surface area contributed by atoms with Gasteiger partial charge in [0.05, 0.1) is 11.1 Å². The monoisotopic (exact) mass is 253 g/mol. The van der Waals surface area contributed by atoms with Gasteiger partial charge in [-0.25, -0.2) is 9.59 Å². The van der Waals surface area contributed by atoms with Crippen molar-refractivity contribution >= 4 is 23.8 Å². The van der Waals surface area contributed by atoms with E-state index in [1.807, 2.05) is 0 Å². The Labute approximate surface area is 99.6 Å². The Morgan fingerprint density at radius 2 is 1.22 bits per heavy atom. The summed E-state index contributed by atoms with van der Waals surface area (Å²) in [6.07, 6.45) is 0. The van der Waals surface area contributed by atoms with Crippen molar-refractivity contribution in [2.24, 2.45) is 0 Å². The first-order valence-electron chi connectivity index (χ1n) is 4.49. The Balaban J connectivity index is 0.000000232. The largest absolute Gasteiger partial charge is 0.473 e. The highest BCUT2D eigenvalue weighted by Gasteiger charge is 2.33. The summed E-state index contributed by atoms with van der Waals surface area (Å²) in [7, 11) is 0. The SMILES string of the molecule is O=C(O)C(=O)O.O=C1c2ccccc2C(=O)N1O. The van der Waals surface area contributed by atoms with Crippen LogP contribution in [0.1, 0.15) is 20.7 Å². The molecular weight excluding hydrogens is 246 g/mol. The maximum absolute atomic E-state index is 11.1. The number of carboxylic acid groups (broad SMARTS) is 2. The molecule has 0 aromatic heterocycles. The lowest BCUT2D eigenvalue weighted by atomic mass is 10.1. The quantitative estimate of drug-likeness (QED) is 0.332. The van der Waals surface area contributed by atoms with Crippen LogP contribution >= 0.6 is 0 Å². The Morgan fingerprint density at radius 3 is 1.50 bits per heavy atom. The molecule has 0 saturated heterocycles. The first-order chi connectivity index (χ1) is 8.36. The molecule has 0 radical (unpaired) electrons. The summed E-state index contributed by atoms with van der Waals surface area (Å²) in [5.41, 5.74) is 0.509. The predicted molar refractivity (Wildman–Crippen MR) is 54.0 cm³/mol. The van der Waals surface area contributed by atoms with Gasteiger partial charge in [-0.2, -0.15) is 0 Å². The number of aliphatic carboxylic acids is 2. The first-order valence-corrected chi connectivity index (χ1v) is 4.49. The summed E-state index contributed by atoms with van der Waals surface area (Å²) in [4.78, 5) is 40.3. The first kappa shape index (κ1) is 13.3. The molecule has 8 nitrogen and oxygen atoms in total. The smallest absolute Gasteiger partial charge is 0.414 e. The fraction of sp³-hybridized carbons (Fsp3) is 0. The molecule has 0 spiro atoms. The lowest BCUT2D eigenvalue weighted by Gasteiger charge is -1.99. The number of carbonyl (C=O) groups is 4. The van der Waals surface area contributed by atoms with Crippen molar-refractivity contribution in [1.82, 2.24) is 5.06 Å². The molecule has 2 amide bonds. The molecule has 0 unspecified atom stereocenters. The molecule has 0 saturated carbocycles. The molecule has 94 valence electrons. The summed E-state index contributed by atoms with van der Waals surface area (Å²) < 4.78 is 0. The number of carboxylic acids is 2. The van der Waals surface area contributed by atoms with Crippen LogP contribution in [-0.2, 0) is 9.59 Å². The zero-order valence-electron chi connectivity index (χ0n) is 8.73. The van der Waals surface area contributed by atoms with Crippen molar-refractivity contribution in [2.75, 3.05) is 0 Å². The van der Waals surface area contributed by atoms with Crippen LogP contribution < -0.4 is 0 Å². The van der Waals surface area contributed by atoms with E-state index in [9.17, 15) is 9.59 Å². The van der Waals surface area contributed by atoms with Gasteiger partial charge in [-0.3, -0.25) is 14.8 Å². The van der Waals surface area contributed by atoms with Crippen molar-refractivity contribution in [2.45, 2.75) is 0 Å². The van der Waals surface area contributed by atoms with Crippen molar-refractivity contribution in [1.29, 1.82) is 0 Å². The van der Waals surface area contributed by atoms with Gasteiger partial charge in [-0.05, 0) is 12.1 Å². The Morgan fingerprint density at radius 1 is 0.889 bits per heavy atom. The third-order valence-corrected chi connectivity index (χ3v) is 1.96. The van der Waals surface area contributed by atoms with Gasteiger partial charge in [-0.15, -0.1) is 5.06 Å². The maximum Gasteiger partial charge on any atom is 0.414 e. The number of fused-ring (bicyclic) bond motifs is 1. The number of hydrogen-bond acceptors (Lipinski definition) is 5. The van der Waals surface area contributed by atoms with Crippen LogP contribution in [0.15, 0.2) is 24.3 Å². The van der Waals surface area contributed by atoms with Gasteiger partial charge >= 0.3 is 11.9 Å². The van der Waals surface area contributed by atoms with Crippen molar-refractivity contribution < 1.29 is 34.6 Å². The molecule has 1 heterocycles. The van der Waals surface area contributed by atoms with E-state index in [4.69, 9.17) is 25.0 Å². The summed E-state index contributed by atoms with van der Waals surface area (Å²) in [6.45, 7) is 0. The number of nitrogens with zero attached hydrogens (tertiary/aromatic N) is 1. The van der Waals surface area contributed by atoms with E-state index in [0.717, 1.165) is 0 Å². The van der Waals surface area contributed by atoms with Crippen LogP contribution in [0.2, 0.25) is 0 Å². The van der Waals surface area contributed by atoms with E-state index >= 15 is 0 Å². The second-order valence-corrected chi connectivity index (χ2v) is 3.08. The van der Waals surface area contributed by atoms with Gasteiger partial charge in [0.2, 0.25) is 0 Å². The minimum Gasteiger partial charge on any atom is -0.473 e. The number of hydrogen-bond donors (Lipinski definition) is 3. The van der Waals surface area contributed by atoms with Crippen molar-refractivity contribution in [3.63, 3.8) is 0 Å². The molecule has 1 aliphatic rings. The van der Waals surface area contributed by atoms with Gasteiger partial charge in [0.15, 0.2) is 0 Å². The van der Waals surface area contributed by atoms with Crippen LogP contribution in [0.3, 0.4) is 0 Å². The zero-order valence-corrected chi connectivity index (χ0v) is 8.73. The number of carbonyl (C=O) groups excluding carboxylic acids is 2. The molecule has 0 atom stereocenters. The Hall–Kier alpha value is -2.74. The Kier molecular flexibility index (Phi) is 3.75. The summed E-state index contributed by atoms with van der Waals surface area (Å²) >= 11 is 0. The third kappa shape index (κ3) is 2.50. The van der Waals surface area contributed by atoms with Crippen molar-refractivity contribution in [3.05, 3.63) is 35.4 Å². The molecule has 0 aliphatic carbocycles. The molecular formula is C10H7NO7. The van der Waals surface area contributed by atoms with Gasteiger partial charge in [-0.1, -0.05) is 12.1 Å². The second-order valence-electron chi connectivity index (χ2n) is 3.08. The van der Waals surface area contributed by atoms with Crippen LogP contribution in [0, 0.1) is 0 Å². The number of benzene rings is 1. The molecule has 8 heteroatoms. The summed E-state index contributed by atoms with van der Waals surface area (Å²) in [5.74, 6) is -4.96. The number of rotatable bonds is 0. The predicted octanol–water partition coefficient (Wildman–Crippen LogP) is -0.173. The van der Waals surface area contributed by atoms with E-state index in [1.165, 1.54) is 12.1 Å². The molecule has 1 aromatic carbocycles. The van der Waals surface area contributed by atoms with E-state index in [1.54, 1.807) is 12.1 Å². The minimum atomic E-state index is -1.82. The van der Waals surface area contributed by atoms with Crippen LogP contribution in [-0.4, -0.2) is 44.2 Å². The lowest BCUT2D eigenvalue weighted by molar-refractivity contribution is -0.159. The van der Waals surface area contributed by atoms with E-state index in [0.29, 0.717) is 0 Å². The molecule has 2 rings (SSSR count). The third-order valence-electron chi connectivity index (χ3n) is 1.96. The molecule has 18 heavy (non-hydrogen) atoms. The number of hydroxylamine groups is 2. The zero-order chi connectivity index (χ0) is 13.9. The summed E-state index contributed by atoms with van der Waals surface area (Å²) in [5, 5.41) is 23.8. The van der Waals surface area contributed by atoms with E-state index in [-0.39, 0.29) is 16.2 Å². The van der Waals surface area contributed by atoms with Crippen molar-refractivity contribution in [3.8, 4) is 0 Å². The van der Waals surface area contributed by atoms with Gasteiger partial charge in [0.25, 0.3) is 11.8 Å². The van der Waals surface area contributed by atoms with Gasteiger partial charge in [0, 0.05) is 0 Å². The fourth-order valence-electron chi connectivity index (χ4n) is 1.18. The number of imide groups is 1. The number of amides is 2. The lowest BCUT2D eigenvalue weighted by Crippen LogP contribution is -2.25.